The van der Waals surface area contributed by atoms with E-state index in [0.717, 1.165) is 32.5 Å². The SMILES string of the molecule is O=[C]C1CCN(Cc2ccccc2)CC1. The van der Waals surface area contributed by atoms with Crippen LogP contribution in [-0.4, -0.2) is 24.3 Å². The van der Waals surface area contributed by atoms with Crippen molar-refractivity contribution in [3.8, 4) is 0 Å². The molecule has 1 radical (unpaired) electrons. The predicted molar refractivity (Wildman–Crippen MR) is 60.1 cm³/mol. The maximum absolute atomic E-state index is 10.5. The molecular formula is C13H16NO. The highest BCUT2D eigenvalue weighted by molar-refractivity contribution is 5.54. The largest absolute Gasteiger partial charge is 0.299 e. The summed E-state index contributed by atoms with van der Waals surface area (Å²) in [6.45, 7) is 3.05. The zero-order valence-electron chi connectivity index (χ0n) is 8.86. The fourth-order valence-electron chi connectivity index (χ4n) is 2.05. The molecule has 0 saturated carbocycles. The van der Waals surface area contributed by atoms with E-state index in [1.807, 2.05) is 6.07 Å². The van der Waals surface area contributed by atoms with Gasteiger partial charge in [-0.05, 0) is 31.5 Å². The number of piperidine rings is 1. The molecule has 0 aromatic heterocycles. The Hall–Kier alpha value is -1.15. The third-order valence-electron chi connectivity index (χ3n) is 3.00. The van der Waals surface area contributed by atoms with Crippen molar-refractivity contribution in [3.63, 3.8) is 0 Å². The van der Waals surface area contributed by atoms with Gasteiger partial charge >= 0.3 is 0 Å². The van der Waals surface area contributed by atoms with Crippen LogP contribution in [0.25, 0.3) is 0 Å². The molecule has 1 saturated heterocycles. The standard InChI is InChI=1S/C13H16NO/c15-11-13-6-8-14(9-7-13)10-12-4-2-1-3-5-12/h1-5,13H,6-10H2. The first kappa shape index (κ1) is 10.4. The van der Waals surface area contributed by atoms with E-state index in [2.05, 4.69) is 35.5 Å². The van der Waals surface area contributed by atoms with Gasteiger partial charge in [0.2, 0.25) is 6.29 Å². The Morgan fingerprint density at radius 1 is 1.20 bits per heavy atom. The molecule has 0 bridgehead atoms. The number of carbonyl (C=O) groups excluding carboxylic acids is 1. The second-order valence-electron chi connectivity index (χ2n) is 4.15. The van der Waals surface area contributed by atoms with Crippen LogP contribution < -0.4 is 0 Å². The number of benzene rings is 1. The van der Waals surface area contributed by atoms with Gasteiger partial charge in [0, 0.05) is 12.5 Å². The van der Waals surface area contributed by atoms with Crippen molar-refractivity contribution in [1.82, 2.24) is 4.90 Å². The zero-order valence-corrected chi connectivity index (χ0v) is 8.86. The van der Waals surface area contributed by atoms with Gasteiger partial charge in [-0.15, -0.1) is 0 Å². The molecule has 1 aromatic carbocycles. The van der Waals surface area contributed by atoms with Crippen LogP contribution in [-0.2, 0) is 11.3 Å². The molecule has 2 nitrogen and oxygen atoms in total. The van der Waals surface area contributed by atoms with Crippen molar-refractivity contribution in [2.45, 2.75) is 19.4 Å². The van der Waals surface area contributed by atoms with Crippen LogP contribution in [0, 0.1) is 5.92 Å². The number of likely N-dealkylation sites (tertiary alicyclic amines) is 1. The molecule has 1 aromatic rings. The lowest BCUT2D eigenvalue weighted by atomic mass is 9.98. The van der Waals surface area contributed by atoms with Gasteiger partial charge in [-0.2, -0.15) is 0 Å². The van der Waals surface area contributed by atoms with E-state index in [4.69, 9.17) is 0 Å². The van der Waals surface area contributed by atoms with Crippen molar-refractivity contribution in [2.75, 3.05) is 13.1 Å². The fourth-order valence-corrected chi connectivity index (χ4v) is 2.05. The molecule has 0 aliphatic carbocycles. The summed E-state index contributed by atoms with van der Waals surface area (Å²) in [5, 5.41) is 0. The number of hydrogen-bond donors (Lipinski definition) is 0. The summed E-state index contributed by atoms with van der Waals surface area (Å²) in [5.41, 5.74) is 1.35. The Kier molecular flexibility index (Phi) is 3.51. The first-order valence-corrected chi connectivity index (χ1v) is 5.52. The first-order valence-electron chi connectivity index (χ1n) is 5.52. The van der Waals surface area contributed by atoms with Crippen LogP contribution >= 0.6 is 0 Å². The van der Waals surface area contributed by atoms with E-state index in [9.17, 15) is 4.79 Å². The lowest BCUT2D eigenvalue weighted by Crippen LogP contribution is -2.33. The fraction of sp³-hybridized carbons (Fsp3) is 0.462. The van der Waals surface area contributed by atoms with Crippen LogP contribution in [0.1, 0.15) is 18.4 Å². The van der Waals surface area contributed by atoms with Crippen molar-refractivity contribution in [3.05, 3.63) is 35.9 Å². The quantitative estimate of drug-likeness (QED) is 0.747. The number of nitrogens with zero attached hydrogens (tertiary/aromatic N) is 1. The topological polar surface area (TPSA) is 20.3 Å². The van der Waals surface area contributed by atoms with Crippen LogP contribution in [0.2, 0.25) is 0 Å². The maximum atomic E-state index is 10.5. The maximum Gasteiger partial charge on any atom is 0.201 e. The number of rotatable bonds is 3. The van der Waals surface area contributed by atoms with Gasteiger partial charge in [0.05, 0.1) is 0 Å². The summed E-state index contributed by atoms with van der Waals surface area (Å²) < 4.78 is 0. The first-order chi connectivity index (χ1) is 7.38. The van der Waals surface area contributed by atoms with E-state index in [-0.39, 0.29) is 5.92 Å². The minimum absolute atomic E-state index is 0.178. The average Bonchev–Trinajstić information content (AvgIpc) is 2.31. The minimum atomic E-state index is 0.178. The van der Waals surface area contributed by atoms with Crippen LogP contribution in [0.5, 0.6) is 0 Å². The summed E-state index contributed by atoms with van der Waals surface area (Å²) in [5.74, 6) is 0.178. The van der Waals surface area contributed by atoms with Crippen molar-refractivity contribution in [1.29, 1.82) is 0 Å². The molecule has 1 fully saturated rings. The van der Waals surface area contributed by atoms with Gasteiger partial charge in [0.25, 0.3) is 0 Å². The molecule has 0 spiro atoms. The molecule has 79 valence electrons. The Morgan fingerprint density at radius 2 is 1.87 bits per heavy atom. The summed E-state index contributed by atoms with van der Waals surface area (Å²) in [6, 6.07) is 10.5. The van der Waals surface area contributed by atoms with Gasteiger partial charge < -0.3 is 0 Å². The molecule has 0 amide bonds. The molecule has 0 unspecified atom stereocenters. The van der Waals surface area contributed by atoms with Crippen LogP contribution in [0.4, 0.5) is 0 Å². The Morgan fingerprint density at radius 3 is 2.47 bits per heavy atom. The predicted octanol–water partition coefficient (Wildman–Crippen LogP) is 2.01. The molecule has 2 heteroatoms. The molecular weight excluding hydrogens is 186 g/mol. The smallest absolute Gasteiger partial charge is 0.201 e. The van der Waals surface area contributed by atoms with E-state index < -0.39 is 0 Å². The highest BCUT2D eigenvalue weighted by atomic mass is 16.1. The van der Waals surface area contributed by atoms with Crippen LogP contribution in [0.15, 0.2) is 30.3 Å². The minimum Gasteiger partial charge on any atom is -0.299 e. The highest BCUT2D eigenvalue weighted by Gasteiger charge is 2.18. The molecule has 15 heavy (non-hydrogen) atoms. The Balaban J connectivity index is 1.85. The molecule has 0 N–H and O–H groups in total. The van der Waals surface area contributed by atoms with Gasteiger partial charge in [-0.1, -0.05) is 30.3 Å². The molecule has 1 heterocycles. The lowest BCUT2D eigenvalue weighted by molar-refractivity contribution is 0.200. The Bertz CT molecular complexity index is 302. The highest BCUT2D eigenvalue weighted by Crippen LogP contribution is 2.16. The summed E-state index contributed by atoms with van der Waals surface area (Å²) in [4.78, 5) is 12.9. The van der Waals surface area contributed by atoms with E-state index in [1.54, 1.807) is 0 Å². The second kappa shape index (κ2) is 5.08. The normalized spacial score (nSPS) is 18.9. The zero-order chi connectivity index (χ0) is 10.5. The van der Waals surface area contributed by atoms with Gasteiger partial charge in [0.1, 0.15) is 0 Å². The van der Waals surface area contributed by atoms with Crippen molar-refractivity contribution in [2.24, 2.45) is 5.92 Å². The van der Waals surface area contributed by atoms with E-state index in [1.165, 1.54) is 5.56 Å². The van der Waals surface area contributed by atoms with Gasteiger partial charge in [-0.3, -0.25) is 9.69 Å². The van der Waals surface area contributed by atoms with E-state index >= 15 is 0 Å². The Labute approximate surface area is 90.9 Å². The average molecular weight is 202 g/mol. The monoisotopic (exact) mass is 202 g/mol. The molecule has 0 atom stereocenters. The molecule has 1 aliphatic heterocycles. The van der Waals surface area contributed by atoms with Gasteiger partial charge in [0.15, 0.2) is 0 Å². The summed E-state index contributed by atoms with van der Waals surface area (Å²) in [6.07, 6.45) is 4.05. The molecule has 2 rings (SSSR count). The number of hydrogen-bond acceptors (Lipinski definition) is 2. The molecule has 1 aliphatic rings. The van der Waals surface area contributed by atoms with E-state index in [0.29, 0.717) is 0 Å². The third kappa shape index (κ3) is 2.90. The van der Waals surface area contributed by atoms with Crippen molar-refractivity contribution >= 4 is 6.29 Å². The summed E-state index contributed by atoms with van der Waals surface area (Å²) >= 11 is 0. The second-order valence-corrected chi connectivity index (χ2v) is 4.15. The van der Waals surface area contributed by atoms with Crippen LogP contribution in [0.3, 0.4) is 0 Å². The van der Waals surface area contributed by atoms with Crippen molar-refractivity contribution < 1.29 is 4.79 Å². The summed E-state index contributed by atoms with van der Waals surface area (Å²) in [7, 11) is 0. The van der Waals surface area contributed by atoms with Gasteiger partial charge in [-0.25, -0.2) is 0 Å². The third-order valence-corrected chi connectivity index (χ3v) is 3.00. The lowest BCUT2D eigenvalue weighted by Gasteiger charge is -2.29.